The molecule has 0 radical (unpaired) electrons. The fourth-order valence-electron chi connectivity index (χ4n) is 8.36. The average Bonchev–Trinajstić information content (AvgIpc) is 3.42. The Morgan fingerprint density at radius 1 is 0.447 bits per heavy atom. The molecule has 434 valence electrons. The van der Waals surface area contributed by atoms with Crippen LogP contribution in [0.15, 0.2) is 109 Å². The van der Waals surface area contributed by atoms with Gasteiger partial charge in [0.2, 0.25) is 0 Å². The Morgan fingerprint density at radius 2 is 0.855 bits per heavy atom. The van der Waals surface area contributed by atoms with Crippen molar-refractivity contribution in [1.82, 2.24) is 0 Å². The van der Waals surface area contributed by atoms with E-state index in [-0.39, 0.29) is 19.6 Å². The summed E-state index contributed by atoms with van der Waals surface area (Å²) < 4.78 is 34.3. The number of unbranched alkanes of at least 4 members (excludes halogenated alkanes) is 13. The Balaban J connectivity index is 1.76. The number of hydrogen-bond acceptors (Lipinski definition) is 14. The zero-order valence-electron chi connectivity index (χ0n) is 46.4. The van der Waals surface area contributed by atoms with Gasteiger partial charge in [0, 0.05) is 13.0 Å². The lowest BCUT2D eigenvalue weighted by Gasteiger charge is -2.42. The van der Waals surface area contributed by atoms with E-state index in [1.165, 1.54) is 64.2 Å². The Hall–Kier alpha value is -3.35. The Bertz CT molecular complexity index is 1670. The van der Waals surface area contributed by atoms with Crippen LogP contribution in [0.2, 0.25) is 0 Å². The highest BCUT2D eigenvalue weighted by Crippen LogP contribution is 2.26. The van der Waals surface area contributed by atoms with Crippen LogP contribution in [-0.4, -0.2) is 142 Å². The van der Waals surface area contributed by atoms with Crippen molar-refractivity contribution in [2.45, 2.75) is 242 Å². The van der Waals surface area contributed by atoms with Crippen LogP contribution in [0.5, 0.6) is 0 Å². The molecule has 2 heterocycles. The number of rotatable bonds is 45. The quantitative estimate of drug-likeness (QED) is 0.0172. The highest BCUT2D eigenvalue weighted by molar-refractivity contribution is 5.69. The van der Waals surface area contributed by atoms with E-state index in [2.05, 4.69) is 117 Å². The molecule has 2 aliphatic heterocycles. The summed E-state index contributed by atoms with van der Waals surface area (Å²) in [5.74, 6) is -0.439. The summed E-state index contributed by atoms with van der Waals surface area (Å²) in [5.41, 5.74) is 0. The molecule has 14 heteroatoms. The van der Waals surface area contributed by atoms with Crippen molar-refractivity contribution in [2.24, 2.45) is 0 Å². The van der Waals surface area contributed by atoms with E-state index >= 15 is 0 Å². The fraction of sp³-hybridized carbons (Fsp3) is 0.694. The van der Waals surface area contributed by atoms with Crippen molar-refractivity contribution < 1.29 is 69.0 Å². The molecule has 2 rings (SSSR count). The van der Waals surface area contributed by atoms with Crippen molar-refractivity contribution in [3.63, 3.8) is 0 Å². The highest BCUT2D eigenvalue weighted by atomic mass is 16.7. The first kappa shape index (κ1) is 68.8. The Labute approximate surface area is 457 Å². The van der Waals surface area contributed by atoms with Gasteiger partial charge in [0.25, 0.3) is 0 Å². The molecule has 0 saturated carbocycles. The third-order valence-corrected chi connectivity index (χ3v) is 13.0. The molecule has 11 unspecified atom stereocenters. The van der Waals surface area contributed by atoms with E-state index in [9.17, 15) is 40.5 Å². The Morgan fingerprint density at radius 3 is 1.34 bits per heavy atom. The summed E-state index contributed by atoms with van der Waals surface area (Å²) >= 11 is 0. The maximum Gasteiger partial charge on any atom is 0.306 e. The zero-order valence-corrected chi connectivity index (χ0v) is 46.4. The molecule has 76 heavy (non-hydrogen) atoms. The van der Waals surface area contributed by atoms with Crippen molar-refractivity contribution >= 4 is 5.97 Å². The van der Waals surface area contributed by atoms with Crippen LogP contribution in [-0.2, 0) is 33.2 Å². The van der Waals surface area contributed by atoms with Crippen molar-refractivity contribution in [3.05, 3.63) is 109 Å². The summed E-state index contributed by atoms with van der Waals surface area (Å²) in [6, 6.07) is 0. The molecule has 0 aromatic carbocycles. The molecular formula is C62H102O14. The largest absolute Gasteiger partial charge is 0.457 e. The summed E-state index contributed by atoms with van der Waals surface area (Å²) in [6.45, 7) is 3.45. The second-order valence-corrected chi connectivity index (χ2v) is 19.7. The van der Waals surface area contributed by atoms with E-state index in [4.69, 9.17) is 28.4 Å². The normalized spacial score (nSPS) is 25.3. The number of carbonyl (C=O) groups is 1. The SMILES string of the molecule is CC/C=C\C/C=C\C/C=C\C/C=C\C/C=C\C/C=C\C/C=C\CCCC(=O)OC(COCCCCCCCCCC/C=C\C/C=C\CCCCCC)COC1OC(COC2OC(CO)C(O)C(O)C2O)C(O)C(O)C1O. The second kappa shape index (κ2) is 47.6. The maximum atomic E-state index is 13.1. The van der Waals surface area contributed by atoms with Gasteiger partial charge >= 0.3 is 5.97 Å². The number of hydrogen-bond donors (Lipinski definition) is 7. The number of carbonyl (C=O) groups excluding carboxylic acids is 1. The first-order valence-electron chi connectivity index (χ1n) is 29.0. The monoisotopic (exact) mass is 1070 g/mol. The number of esters is 1. The van der Waals surface area contributed by atoms with E-state index in [1.54, 1.807) is 0 Å². The third kappa shape index (κ3) is 33.8. The minimum atomic E-state index is -1.73. The van der Waals surface area contributed by atoms with Crippen LogP contribution >= 0.6 is 0 Å². The molecule has 0 spiro atoms. The zero-order chi connectivity index (χ0) is 55.1. The van der Waals surface area contributed by atoms with Gasteiger partial charge in [-0.3, -0.25) is 4.79 Å². The predicted octanol–water partition coefficient (Wildman–Crippen LogP) is 10.4. The standard InChI is InChI=1S/C62H102O14/c1-3-5-7-9-11-13-15-17-19-21-23-24-25-26-27-29-31-33-35-37-39-41-43-45-54(64)74-51(48-71-46-44-42-40-38-36-34-32-30-28-22-20-18-16-14-12-10-8-6-4-2)49-72-61-60(70)58(68)56(66)53(76-61)50-73-62-59(69)57(67)55(65)52(47-63)75-62/h5,7,11,13-14,16-17,19-20,22-24,26-27,31,33,37,39,51-53,55-63,65-70H,3-4,6,8-10,12,15,18,21,25,28-30,32,34-36,38,40-50H2,1-2H3/b7-5-,13-11-,16-14-,19-17-,22-20-,24-23-,27-26-,33-31-,39-37-. The van der Waals surface area contributed by atoms with Gasteiger partial charge in [-0.1, -0.05) is 181 Å². The number of allylic oxidation sites excluding steroid dienone is 18. The van der Waals surface area contributed by atoms with Crippen LogP contribution < -0.4 is 0 Å². The van der Waals surface area contributed by atoms with Crippen molar-refractivity contribution in [3.8, 4) is 0 Å². The summed E-state index contributed by atoms with van der Waals surface area (Å²) in [5, 5.41) is 72.3. The molecule has 0 aliphatic carbocycles. The molecule has 0 bridgehead atoms. The Kier molecular flexibility index (Phi) is 43.1. The van der Waals surface area contributed by atoms with Crippen LogP contribution in [0.25, 0.3) is 0 Å². The van der Waals surface area contributed by atoms with Gasteiger partial charge in [-0.15, -0.1) is 0 Å². The highest BCUT2D eigenvalue weighted by Gasteiger charge is 2.47. The first-order chi connectivity index (χ1) is 37.1. The van der Waals surface area contributed by atoms with Crippen LogP contribution in [0.3, 0.4) is 0 Å². The molecule has 7 N–H and O–H groups in total. The van der Waals surface area contributed by atoms with E-state index in [0.717, 1.165) is 77.0 Å². The maximum absolute atomic E-state index is 13.1. The summed E-state index contributed by atoms with van der Waals surface area (Å²) in [6.07, 6.45) is 48.6. The number of aliphatic hydroxyl groups is 7. The van der Waals surface area contributed by atoms with Crippen LogP contribution in [0.4, 0.5) is 0 Å². The van der Waals surface area contributed by atoms with Gasteiger partial charge in [-0.25, -0.2) is 0 Å². The van der Waals surface area contributed by atoms with Crippen molar-refractivity contribution in [1.29, 1.82) is 0 Å². The van der Waals surface area contributed by atoms with Gasteiger partial charge in [-0.2, -0.15) is 0 Å². The molecule has 0 amide bonds. The molecular weight excluding hydrogens is 969 g/mol. The molecule has 11 atom stereocenters. The molecule has 14 nitrogen and oxygen atoms in total. The second-order valence-electron chi connectivity index (χ2n) is 19.7. The van der Waals surface area contributed by atoms with Crippen molar-refractivity contribution in [2.75, 3.05) is 33.0 Å². The average molecular weight is 1070 g/mol. The lowest BCUT2D eigenvalue weighted by atomic mass is 9.98. The minimum absolute atomic E-state index is 0.0268. The van der Waals surface area contributed by atoms with Gasteiger partial charge < -0.3 is 64.2 Å². The third-order valence-electron chi connectivity index (χ3n) is 13.0. The van der Waals surface area contributed by atoms with Gasteiger partial charge in [0.15, 0.2) is 12.6 Å². The lowest BCUT2D eigenvalue weighted by Crippen LogP contribution is -2.61. The van der Waals surface area contributed by atoms with E-state index in [1.807, 2.05) is 6.08 Å². The molecule has 0 aromatic rings. The lowest BCUT2D eigenvalue weighted by molar-refractivity contribution is -0.332. The van der Waals surface area contributed by atoms with Gasteiger partial charge in [-0.05, 0) is 96.3 Å². The first-order valence-corrected chi connectivity index (χ1v) is 29.0. The minimum Gasteiger partial charge on any atom is -0.457 e. The topological polar surface area (TPSA) is 214 Å². The van der Waals surface area contributed by atoms with Crippen LogP contribution in [0.1, 0.15) is 174 Å². The molecule has 2 saturated heterocycles. The molecule has 2 aliphatic rings. The predicted molar refractivity (Wildman–Crippen MR) is 302 cm³/mol. The summed E-state index contributed by atoms with van der Waals surface area (Å²) in [4.78, 5) is 13.1. The fourth-order valence-corrected chi connectivity index (χ4v) is 8.36. The molecule has 0 aromatic heterocycles. The van der Waals surface area contributed by atoms with Crippen LogP contribution in [0, 0.1) is 0 Å². The summed E-state index contributed by atoms with van der Waals surface area (Å²) in [7, 11) is 0. The van der Waals surface area contributed by atoms with Gasteiger partial charge in [0.05, 0.1) is 26.4 Å². The van der Waals surface area contributed by atoms with E-state index < -0.39 is 86.7 Å². The van der Waals surface area contributed by atoms with Gasteiger partial charge in [0.1, 0.15) is 54.9 Å². The number of aliphatic hydroxyl groups excluding tert-OH is 7. The smallest absolute Gasteiger partial charge is 0.306 e. The number of ether oxygens (including phenoxy) is 6. The van der Waals surface area contributed by atoms with E-state index in [0.29, 0.717) is 19.4 Å². The molecule has 2 fully saturated rings.